The molecule has 0 amide bonds. The molecule has 0 unspecified atom stereocenters. The molecule has 0 aliphatic heterocycles. The normalized spacial score (nSPS) is 21.7. The highest BCUT2D eigenvalue weighted by atomic mass is 35.5. The summed E-state index contributed by atoms with van der Waals surface area (Å²) in [6, 6.07) is 0. The van der Waals surface area contributed by atoms with Crippen LogP contribution in [0.15, 0.2) is 0 Å². The van der Waals surface area contributed by atoms with Gasteiger partial charge in [0.25, 0.3) is 0 Å². The van der Waals surface area contributed by atoms with Gasteiger partial charge < -0.3 is 5.73 Å². The van der Waals surface area contributed by atoms with Crippen molar-refractivity contribution in [3.8, 4) is 0 Å². The van der Waals surface area contributed by atoms with Crippen LogP contribution in [0.4, 0.5) is 8.78 Å². The van der Waals surface area contributed by atoms with Gasteiger partial charge in [-0.1, -0.05) is 0 Å². The molecule has 0 saturated heterocycles. The van der Waals surface area contributed by atoms with Crippen molar-refractivity contribution in [2.24, 2.45) is 11.7 Å². The molecule has 0 atom stereocenters. The molecule has 1 rings (SSSR count). The molecule has 2 N–H and O–H groups in total. The van der Waals surface area contributed by atoms with E-state index >= 15 is 0 Å². The molecule has 5 heteroatoms. The second kappa shape index (κ2) is 3.45. The smallest absolute Gasteiger partial charge is 0.249 e. The molecule has 0 bridgehead atoms. The Morgan fingerprint density at radius 1 is 1.55 bits per heavy atom. The topological polar surface area (TPSA) is 43.1 Å². The van der Waals surface area contributed by atoms with Crippen molar-refractivity contribution in [3.05, 3.63) is 0 Å². The van der Waals surface area contributed by atoms with E-state index in [0.717, 1.165) is 0 Å². The van der Waals surface area contributed by atoms with Crippen molar-refractivity contribution in [1.29, 1.82) is 0 Å². The van der Waals surface area contributed by atoms with Gasteiger partial charge in [0.1, 0.15) is 5.78 Å². The van der Waals surface area contributed by atoms with Gasteiger partial charge in [-0.2, -0.15) is 0 Å². The molecule has 11 heavy (non-hydrogen) atoms. The fraction of sp³-hybridized carbons (Fsp3) is 0.833. The minimum atomic E-state index is -2.60. The molecule has 2 nitrogen and oxygen atoms in total. The van der Waals surface area contributed by atoms with Crippen LogP contribution in [-0.4, -0.2) is 18.3 Å². The number of hydrogen-bond donors (Lipinski definition) is 1. The van der Waals surface area contributed by atoms with Crippen LogP contribution >= 0.6 is 12.4 Å². The van der Waals surface area contributed by atoms with Gasteiger partial charge in [0.15, 0.2) is 0 Å². The fourth-order valence-electron chi connectivity index (χ4n) is 1.06. The van der Waals surface area contributed by atoms with Crippen molar-refractivity contribution in [1.82, 2.24) is 0 Å². The third-order valence-corrected chi connectivity index (χ3v) is 1.75. The molecule has 0 radical (unpaired) electrons. The molecular formula is C6H10ClF2NO. The monoisotopic (exact) mass is 185 g/mol. The van der Waals surface area contributed by atoms with Crippen LogP contribution in [0.5, 0.6) is 0 Å². The van der Waals surface area contributed by atoms with Gasteiger partial charge >= 0.3 is 0 Å². The predicted octanol–water partition coefficient (Wildman–Crippen LogP) is 0.981. The molecule has 1 saturated carbocycles. The maximum absolute atomic E-state index is 12.1. The highest BCUT2D eigenvalue weighted by Crippen LogP contribution is 2.42. The molecule has 1 aliphatic carbocycles. The zero-order chi connectivity index (χ0) is 7.78. The first-order valence-electron chi connectivity index (χ1n) is 3.16. The fourth-order valence-corrected chi connectivity index (χ4v) is 1.06. The van der Waals surface area contributed by atoms with Crippen LogP contribution < -0.4 is 5.73 Å². The van der Waals surface area contributed by atoms with E-state index in [1.165, 1.54) is 0 Å². The summed E-state index contributed by atoms with van der Waals surface area (Å²) < 4.78 is 24.2. The van der Waals surface area contributed by atoms with Crippen LogP contribution in [0.1, 0.15) is 12.8 Å². The highest BCUT2D eigenvalue weighted by molar-refractivity contribution is 5.85. The Labute approximate surface area is 69.5 Å². The SMILES string of the molecule is Cl.NCC(=O)C1CC(F)(F)C1. The second-order valence-corrected chi connectivity index (χ2v) is 2.63. The maximum atomic E-state index is 12.1. The van der Waals surface area contributed by atoms with Gasteiger partial charge in [0.05, 0.1) is 6.54 Å². The van der Waals surface area contributed by atoms with Crippen molar-refractivity contribution in [2.75, 3.05) is 6.54 Å². The number of carbonyl (C=O) groups is 1. The number of nitrogens with two attached hydrogens (primary N) is 1. The van der Waals surface area contributed by atoms with Gasteiger partial charge in [-0.05, 0) is 0 Å². The Bertz CT molecular complexity index is 155. The largest absolute Gasteiger partial charge is 0.324 e. The van der Waals surface area contributed by atoms with Gasteiger partial charge in [-0.15, -0.1) is 12.4 Å². The van der Waals surface area contributed by atoms with Gasteiger partial charge in [0, 0.05) is 18.8 Å². The summed E-state index contributed by atoms with van der Waals surface area (Å²) in [5.41, 5.74) is 4.98. The minimum Gasteiger partial charge on any atom is -0.324 e. The lowest BCUT2D eigenvalue weighted by atomic mass is 9.78. The minimum absolute atomic E-state index is 0. The summed E-state index contributed by atoms with van der Waals surface area (Å²) in [5, 5.41) is 0. The zero-order valence-electron chi connectivity index (χ0n) is 5.85. The van der Waals surface area contributed by atoms with Crippen LogP contribution in [0.2, 0.25) is 0 Å². The highest BCUT2D eigenvalue weighted by Gasteiger charge is 2.47. The second-order valence-electron chi connectivity index (χ2n) is 2.63. The zero-order valence-corrected chi connectivity index (χ0v) is 6.66. The summed E-state index contributed by atoms with van der Waals surface area (Å²) in [6.45, 7) is -0.110. The Kier molecular flexibility index (Phi) is 3.38. The molecule has 1 aliphatic rings. The Morgan fingerprint density at radius 2 is 2.00 bits per heavy atom. The first kappa shape index (κ1) is 10.8. The van der Waals surface area contributed by atoms with E-state index in [1.807, 2.05) is 0 Å². The molecular weight excluding hydrogens is 176 g/mol. The summed E-state index contributed by atoms with van der Waals surface area (Å²) in [4.78, 5) is 10.6. The van der Waals surface area contributed by atoms with E-state index in [0.29, 0.717) is 0 Å². The lowest BCUT2D eigenvalue weighted by molar-refractivity contribution is -0.146. The lowest BCUT2D eigenvalue weighted by Gasteiger charge is -2.33. The van der Waals surface area contributed by atoms with Gasteiger partial charge in [0.2, 0.25) is 5.92 Å². The van der Waals surface area contributed by atoms with E-state index in [2.05, 4.69) is 0 Å². The first-order valence-corrected chi connectivity index (χ1v) is 3.16. The Hall–Kier alpha value is -0.220. The summed E-state index contributed by atoms with van der Waals surface area (Å²) >= 11 is 0. The number of ketones is 1. The van der Waals surface area contributed by atoms with E-state index in [-0.39, 0.29) is 37.6 Å². The van der Waals surface area contributed by atoms with Gasteiger partial charge in [-0.3, -0.25) is 4.79 Å². The van der Waals surface area contributed by atoms with E-state index < -0.39 is 11.8 Å². The third-order valence-electron chi connectivity index (χ3n) is 1.75. The van der Waals surface area contributed by atoms with Crippen LogP contribution in [0.3, 0.4) is 0 Å². The molecule has 0 aromatic rings. The molecule has 0 spiro atoms. The van der Waals surface area contributed by atoms with E-state index in [4.69, 9.17) is 5.73 Å². The maximum Gasteiger partial charge on any atom is 0.249 e. The van der Waals surface area contributed by atoms with E-state index in [9.17, 15) is 13.6 Å². The Morgan fingerprint density at radius 3 is 2.27 bits per heavy atom. The molecule has 1 fully saturated rings. The number of halogens is 3. The number of hydrogen-bond acceptors (Lipinski definition) is 2. The van der Waals surface area contributed by atoms with Crippen molar-refractivity contribution in [3.63, 3.8) is 0 Å². The molecule has 0 aromatic carbocycles. The average molecular weight is 186 g/mol. The molecule has 0 aromatic heterocycles. The van der Waals surface area contributed by atoms with E-state index in [1.54, 1.807) is 0 Å². The summed E-state index contributed by atoms with van der Waals surface area (Å²) in [7, 11) is 0. The number of Topliss-reactive ketones (excluding diaryl/α,β-unsaturated/α-hetero) is 1. The Balaban J connectivity index is 0.000001000. The van der Waals surface area contributed by atoms with Crippen LogP contribution in [0, 0.1) is 5.92 Å². The summed E-state index contributed by atoms with van der Waals surface area (Å²) in [6.07, 6.45) is -0.605. The van der Waals surface area contributed by atoms with Crippen molar-refractivity contribution >= 4 is 18.2 Å². The number of rotatable bonds is 2. The summed E-state index contributed by atoms with van der Waals surface area (Å²) in [5.74, 6) is -3.32. The van der Waals surface area contributed by atoms with Crippen LogP contribution in [-0.2, 0) is 4.79 Å². The third kappa shape index (κ3) is 2.38. The number of alkyl halides is 2. The molecule has 0 heterocycles. The van der Waals surface area contributed by atoms with Crippen LogP contribution in [0.25, 0.3) is 0 Å². The van der Waals surface area contributed by atoms with Crippen molar-refractivity contribution < 1.29 is 13.6 Å². The molecule has 66 valence electrons. The van der Waals surface area contributed by atoms with Crippen molar-refractivity contribution in [2.45, 2.75) is 18.8 Å². The lowest BCUT2D eigenvalue weighted by Crippen LogP contribution is -2.42. The quantitative estimate of drug-likeness (QED) is 0.697. The predicted molar refractivity (Wildman–Crippen MR) is 39.0 cm³/mol. The van der Waals surface area contributed by atoms with Gasteiger partial charge in [-0.25, -0.2) is 8.78 Å². The number of carbonyl (C=O) groups excluding carboxylic acids is 1. The average Bonchev–Trinajstić information content (AvgIpc) is 1.81. The standard InChI is InChI=1S/C6H9F2NO.ClH/c7-6(8)1-4(2-6)5(10)3-9;/h4H,1-3,9H2;1H. The first-order chi connectivity index (χ1) is 4.55.